The first kappa shape index (κ1) is 14.3. The summed E-state index contributed by atoms with van der Waals surface area (Å²) in [4.78, 5) is 18.1. The highest BCUT2D eigenvalue weighted by molar-refractivity contribution is 5.82. The molecule has 19 heavy (non-hydrogen) atoms. The average Bonchev–Trinajstić information content (AvgIpc) is 2.55. The minimum atomic E-state index is -0.586. The topological polar surface area (TPSA) is 62.6 Å². The Bertz CT molecular complexity index is 402. The van der Waals surface area contributed by atoms with E-state index in [0.717, 1.165) is 19.3 Å². The van der Waals surface area contributed by atoms with Crippen LogP contribution in [-0.2, 0) is 14.4 Å². The average molecular weight is 266 g/mol. The van der Waals surface area contributed by atoms with Crippen LogP contribution in [0.4, 0.5) is 0 Å². The van der Waals surface area contributed by atoms with Gasteiger partial charge >= 0.3 is 5.97 Å². The monoisotopic (exact) mass is 266 g/mol. The first-order valence-electron chi connectivity index (χ1n) is 6.98. The van der Waals surface area contributed by atoms with Crippen molar-refractivity contribution in [2.45, 2.75) is 70.1 Å². The molecule has 0 aromatic rings. The Kier molecular flexibility index (Phi) is 3.84. The fourth-order valence-electron chi connectivity index (χ4n) is 3.26. The van der Waals surface area contributed by atoms with Crippen LogP contribution >= 0.6 is 0 Å². The molecule has 2 heterocycles. The second kappa shape index (κ2) is 5.10. The summed E-state index contributed by atoms with van der Waals surface area (Å²) < 4.78 is 5.20. The van der Waals surface area contributed by atoms with Crippen molar-refractivity contribution in [1.29, 1.82) is 5.26 Å². The van der Waals surface area contributed by atoms with Crippen molar-refractivity contribution in [1.82, 2.24) is 5.06 Å². The van der Waals surface area contributed by atoms with Crippen molar-refractivity contribution in [2.24, 2.45) is 0 Å². The number of nitriles is 1. The molecule has 0 aromatic heterocycles. The molecular formula is C14H22N2O3. The lowest BCUT2D eigenvalue weighted by Gasteiger charge is -2.50. The van der Waals surface area contributed by atoms with E-state index >= 15 is 0 Å². The van der Waals surface area contributed by atoms with Gasteiger partial charge in [-0.05, 0) is 40.0 Å². The molecule has 2 rings (SSSR count). The lowest BCUT2D eigenvalue weighted by molar-refractivity contribution is -0.285. The Morgan fingerprint density at radius 1 is 1.58 bits per heavy atom. The number of rotatable bonds is 5. The van der Waals surface area contributed by atoms with Crippen LogP contribution in [0.2, 0.25) is 0 Å². The van der Waals surface area contributed by atoms with Gasteiger partial charge in [-0.15, -0.1) is 0 Å². The summed E-state index contributed by atoms with van der Waals surface area (Å²) in [6.07, 6.45) is 3.75. The molecule has 2 aliphatic heterocycles. The summed E-state index contributed by atoms with van der Waals surface area (Å²) in [5.41, 5.74) is -0.909. The zero-order chi connectivity index (χ0) is 14.1. The molecule has 2 atom stereocenters. The van der Waals surface area contributed by atoms with Gasteiger partial charge in [-0.1, -0.05) is 0 Å². The van der Waals surface area contributed by atoms with E-state index in [9.17, 15) is 4.79 Å². The van der Waals surface area contributed by atoms with Gasteiger partial charge in [0.15, 0.2) is 0 Å². The highest BCUT2D eigenvalue weighted by atomic mass is 16.7. The summed E-state index contributed by atoms with van der Waals surface area (Å²) in [5.74, 6) is -0.169. The lowest BCUT2D eigenvalue weighted by atomic mass is 9.74. The molecule has 0 N–H and O–H groups in total. The molecular weight excluding hydrogens is 244 g/mol. The predicted molar refractivity (Wildman–Crippen MR) is 68.9 cm³/mol. The summed E-state index contributed by atoms with van der Waals surface area (Å²) in [6.45, 7) is 6.22. The van der Waals surface area contributed by atoms with Gasteiger partial charge in [-0.2, -0.15) is 10.3 Å². The molecule has 2 saturated heterocycles. The Hall–Kier alpha value is -1.12. The highest BCUT2D eigenvalue weighted by Gasteiger charge is 2.66. The number of hydroxylamine groups is 2. The summed E-state index contributed by atoms with van der Waals surface area (Å²) >= 11 is 0. The number of hydrogen-bond acceptors (Lipinski definition) is 5. The third kappa shape index (κ3) is 2.47. The van der Waals surface area contributed by atoms with Gasteiger partial charge in [0.2, 0.25) is 0 Å². The SMILES string of the molecule is CCOC(=O)C12CC(CCCC#N)N1OC(C)(C)C2. The summed E-state index contributed by atoms with van der Waals surface area (Å²) in [7, 11) is 0. The normalized spacial score (nSPS) is 32.2. The largest absolute Gasteiger partial charge is 0.465 e. The zero-order valence-electron chi connectivity index (χ0n) is 11.9. The number of esters is 1. The van der Waals surface area contributed by atoms with Gasteiger partial charge in [-0.25, -0.2) is 4.79 Å². The summed E-state index contributed by atoms with van der Waals surface area (Å²) in [5, 5.41) is 10.4. The van der Waals surface area contributed by atoms with E-state index in [-0.39, 0.29) is 17.6 Å². The van der Waals surface area contributed by atoms with E-state index in [2.05, 4.69) is 6.07 Å². The van der Waals surface area contributed by atoms with Crippen LogP contribution in [0.3, 0.4) is 0 Å². The smallest absolute Gasteiger partial charge is 0.329 e. The van der Waals surface area contributed by atoms with Crippen LogP contribution in [0.15, 0.2) is 0 Å². The molecule has 2 fully saturated rings. The molecule has 2 aliphatic rings. The number of carbonyl (C=O) groups excluding carboxylic acids is 1. The highest BCUT2D eigenvalue weighted by Crippen LogP contribution is 2.52. The van der Waals surface area contributed by atoms with E-state index in [0.29, 0.717) is 19.4 Å². The van der Waals surface area contributed by atoms with Gasteiger partial charge in [-0.3, -0.25) is 4.84 Å². The third-order valence-corrected chi connectivity index (χ3v) is 3.87. The van der Waals surface area contributed by atoms with Gasteiger partial charge in [0.25, 0.3) is 0 Å². The second-order valence-corrected chi connectivity index (χ2v) is 6.01. The zero-order valence-corrected chi connectivity index (χ0v) is 11.9. The van der Waals surface area contributed by atoms with Crippen LogP contribution in [0.25, 0.3) is 0 Å². The molecule has 0 bridgehead atoms. The molecule has 5 nitrogen and oxygen atoms in total. The standard InChI is InChI=1S/C14H22N2O3/c1-4-18-12(17)14-9-11(7-5-6-8-15)16(14)19-13(2,3)10-14/h11H,4-7,9-10H2,1-3H3. The van der Waals surface area contributed by atoms with Gasteiger partial charge in [0.05, 0.1) is 18.3 Å². The van der Waals surface area contributed by atoms with Gasteiger partial charge < -0.3 is 4.74 Å². The van der Waals surface area contributed by atoms with Crippen LogP contribution in [0, 0.1) is 11.3 Å². The minimum Gasteiger partial charge on any atom is -0.465 e. The van der Waals surface area contributed by atoms with Crippen molar-refractivity contribution in [3.05, 3.63) is 0 Å². The minimum absolute atomic E-state index is 0.169. The first-order chi connectivity index (χ1) is 8.95. The number of ether oxygens (including phenoxy) is 1. The van der Waals surface area contributed by atoms with Crippen LogP contribution in [0.1, 0.15) is 52.9 Å². The fourth-order valence-corrected chi connectivity index (χ4v) is 3.26. The molecule has 2 unspecified atom stereocenters. The lowest BCUT2D eigenvalue weighted by Crippen LogP contribution is -2.66. The molecule has 106 valence electrons. The quantitative estimate of drug-likeness (QED) is 0.563. The maximum Gasteiger partial charge on any atom is 0.329 e. The van der Waals surface area contributed by atoms with Crippen molar-refractivity contribution < 1.29 is 14.4 Å². The molecule has 5 heteroatoms. The van der Waals surface area contributed by atoms with E-state index in [4.69, 9.17) is 14.8 Å². The Morgan fingerprint density at radius 2 is 2.32 bits per heavy atom. The maximum atomic E-state index is 12.2. The third-order valence-electron chi connectivity index (χ3n) is 3.87. The molecule has 0 spiro atoms. The molecule has 0 aromatic carbocycles. The fraction of sp³-hybridized carbons (Fsp3) is 0.857. The van der Waals surface area contributed by atoms with E-state index < -0.39 is 5.54 Å². The van der Waals surface area contributed by atoms with Gasteiger partial charge in [0.1, 0.15) is 5.54 Å². The first-order valence-corrected chi connectivity index (χ1v) is 6.98. The van der Waals surface area contributed by atoms with Gasteiger partial charge in [0, 0.05) is 18.9 Å². The van der Waals surface area contributed by atoms with Crippen molar-refractivity contribution in [3.8, 4) is 6.07 Å². The van der Waals surface area contributed by atoms with Crippen molar-refractivity contribution in [2.75, 3.05) is 6.61 Å². The number of hydrogen-bond donors (Lipinski definition) is 0. The summed E-state index contributed by atoms with van der Waals surface area (Å²) in [6, 6.07) is 2.38. The van der Waals surface area contributed by atoms with Crippen molar-refractivity contribution >= 4 is 5.97 Å². The molecule has 0 amide bonds. The number of nitrogens with zero attached hydrogens (tertiary/aromatic N) is 2. The van der Waals surface area contributed by atoms with E-state index in [1.165, 1.54) is 0 Å². The number of fused-ring (bicyclic) bond motifs is 1. The molecule has 0 aliphatic carbocycles. The molecule has 0 saturated carbocycles. The van der Waals surface area contributed by atoms with E-state index in [1.807, 2.05) is 25.8 Å². The predicted octanol–water partition coefficient (Wildman–Crippen LogP) is 2.17. The Morgan fingerprint density at radius 3 is 2.95 bits per heavy atom. The van der Waals surface area contributed by atoms with Crippen molar-refractivity contribution in [3.63, 3.8) is 0 Å². The van der Waals surface area contributed by atoms with Crippen LogP contribution in [0.5, 0.6) is 0 Å². The van der Waals surface area contributed by atoms with Crippen LogP contribution < -0.4 is 0 Å². The van der Waals surface area contributed by atoms with E-state index in [1.54, 1.807) is 0 Å². The number of unbranched alkanes of at least 4 members (excludes halogenated alkanes) is 1. The molecule has 0 radical (unpaired) electrons. The van der Waals surface area contributed by atoms with Crippen LogP contribution in [-0.4, -0.2) is 34.8 Å². The number of carbonyl (C=O) groups is 1. The maximum absolute atomic E-state index is 12.2. The second-order valence-electron chi connectivity index (χ2n) is 6.01. The Balaban J connectivity index is 2.03. The Labute approximate surface area is 114 Å².